The van der Waals surface area contributed by atoms with E-state index in [0.29, 0.717) is 0 Å². The molecule has 0 spiro atoms. The van der Waals surface area contributed by atoms with Crippen LogP contribution in [0.5, 0.6) is 11.5 Å². The molecule has 0 amide bonds. The quantitative estimate of drug-likeness (QED) is 0.840. The van der Waals surface area contributed by atoms with Crippen molar-refractivity contribution in [3.8, 4) is 11.5 Å². The number of nitrogens with one attached hydrogen (secondary N) is 1. The van der Waals surface area contributed by atoms with Crippen molar-refractivity contribution >= 4 is 17.6 Å². The molecule has 118 valence electrons. The summed E-state index contributed by atoms with van der Waals surface area (Å²) in [5.74, 6) is -1.20. The van der Waals surface area contributed by atoms with Crippen molar-refractivity contribution in [2.45, 2.75) is 12.2 Å². The number of carbonyl (C=O) groups is 1. The van der Waals surface area contributed by atoms with Crippen LogP contribution in [-0.4, -0.2) is 38.0 Å². The SMILES string of the molecule is COc1ccc(C(NCC(F)(F)F)C(=O)O)c(Cl)c1OC. The molecule has 0 aliphatic carbocycles. The standard InChI is InChI=1S/C12H13ClF3NO4/c1-20-7-4-3-6(8(13)10(7)21-2)9(11(18)19)17-5-12(14,15)16/h3-4,9,17H,5H2,1-2H3,(H,18,19). The topological polar surface area (TPSA) is 67.8 Å². The van der Waals surface area contributed by atoms with E-state index in [4.69, 9.17) is 26.2 Å². The zero-order valence-electron chi connectivity index (χ0n) is 11.1. The van der Waals surface area contributed by atoms with Gasteiger partial charge in [0.15, 0.2) is 11.5 Å². The number of methoxy groups -OCH3 is 2. The number of ether oxygens (including phenoxy) is 2. The molecule has 5 nitrogen and oxygen atoms in total. The van der Waals surface area contributed by atoms with E-state index in [9.17, 15) is 18.0 Å². The van der Waals surface area contributed by atoms with E-state index in [1.807, 2.05) is 5.32 Å². The Morgan fingerprint density at radius 2 is 2.00 bits per heavy atom. The molecule has 0 heterocycles. The largest absolute Gasteiger partial charge is 0.493 e. The second kappa shape index (κ2) is 6.86. The van der Waals surface area contributed by atoms with Crippen LogP contribution < -0.4 is 14.8 Å². The van der Waals surface area contributed by atoms with Crippen LogP contribution in [0.15, 0.2) is 12.1 Å². The molecule has 0 aromatic heterocycles. The van der Waals surface area contributed by atoms with E-state index >= 15 is 0 Å². The summed E-state index contributed by atoms with van der Waals surface area (Å²) >= 11 is 5.99. The van der Waals surface area contributed by atoms with Crippen LogP contribution in [0.1, 0.15) is 11.6 Å². The zero-order chi connectivity index (χ0) is 16.2. The summed E-state index contributed by atoms with van der Waals surface area (Å²) in [5.41, 5.74) is -0.0499. The minimum Gasteiger partial charge on any atom is -0.493 e. The molecule has 0 saturated heterocycles. The fraction of sp³-hybridized carbons (Fsp3) is 0.417. The summed E-state index contributed by atoms with van der Waals surface area (Å²) in [5, 5.41) is 10.9. The van der Waals surface area contributed by atoms with Crippen LogP contribution in [0.2, 0.25) is 5.02 Å². The Morgan fingerprint density at radius 1 is 1.38 bits per heavy atom. The third kappa shape index (κ3) is 4.40. The van der Waals surface area contributed by atoms with Gasteiger partial charge in [-0.15, -0.1) is 0 Å². The normalized spacial score (nSPS) is 12.9. The molecule has 0 aliphatic heterocycles. The fourth-order valence-electron chi connectivity index (χ4n) is 1.68. The van der Waals surface area contributed by atoms with Crippen molar-refractivity contribution in [3.63, 3.8) is 0 Å². The average molecular weight is 328 g/mol. The fourth-order valence-corrected chi connectivity index (χ4v) is 2.02. The van der Waals surface area contributed by atoms with Crippen LogP contribution in [0.25, 0.3) is 0 Å². The summed E-state index contributed by atoms with van der Waals surface area (Å²) < 4.78 is 46.6. The second-order valence-electron chi connectivity index (χ2n) is 3.97. The number of hydrogen-bond donors (Lipinski definition) is 2. The number of alkyl halides is 3. The highest BCUT2D eigenvalue weighted by molar-refractivity contribution is 6.33. The smallest absolute Gasteiger partial charge is 0.401 e. The molecule has 0 aliphatic rings. The first-order valence-electron chi connectivity index (χ1n) is 5.64. The van der Waals surface area contributed by atoms with Gasteiger partial charge < -0.3 is 14.6 Å². The Balaban J connectivity index is 3.17. The second-order valence-corrected chi connectivity index (χ2v) is 4.35. The van der Waals surface area contributed by atoms with Crippen molar-refractivity contribution in [1.29, 1.82) is 0 Å². The number of aliphatic carboxylic acids is 1. The maximum atomic E-state index is 12.2. The lowest BCUT2D eigenvalue weighted by atomic mass is 10.1. The lowest BCUT2D eigenvalue weighted by Crippen LogP contribution is -2.36. The Hall–Kier alpha value is -1.67. The molecule has 1 atom stereocenters. The summed E-state index contributed by atoms with van der Waals surface area (Å²) in [4.78, 5) is 11.2. The molecule has 1 rings (SSSR count). The van der Waals surface area contributed by atoms with Gasteiger partial charge in [0.25, 0.3) is 0 Å². The van der Waals surface area contributed by atoms with Crippen LogP contribution in [-0.2, 0) is 4.79 Å². The lowest BCUT2D eigenvalue weighted by molar-refractivity contribution is -0.143. The van der Waals surface area contributed by atoms with Crippen LogP contribution >= 0.6 is 11.6 Å². The molecule has 1 unspecified atom stereocenters. The third-order valence-corrected chi connectivity index (χ3v) is 2.97. The summed E-state index contributed by atoms with van der Waals surface area (Å²) in [6.07, 6.45) is -4.54. The number of benzene rings is 1. The molecule has 9 heteroatoms. The molecule has 1 aromatic carbocycles. The van der Waals surface area contributed by atoms with Gasteiger partial charge in [0.2, 0.25) is 0 Å². The molecule has 0 radical (unpaired) electrons. The highest BCUT2D eigenvalue weighted by atomic mass is 35.5. The summed E-state index contributed by atoms with van der Waals surface area (Å²) in [6, 6.07) is 1.01. The van der Waals surface area contributed by atoms with Gasteiger partial charge in [-0.3, -0.25) is 10.1 Å². The van der Waals surface area contributed by atoms with Gasteiger partial charge in [0.1, 0.15) is 6.04 Å². The van der Waals surface area contributed by atoms with E-state index in [-0.39, 0.29) is 22.1 Å². The molecule has 0 bridgehead atoms. The van der Waals surface area contributed by atoms with E-state index < -0.39 is 24.7 Å². The molecule has 21 heavy (non-hydrogen) atoms. The van der Waals surface area contributed by atoms with Gasteiger partial charge in [-0.2, -0.15) is 13.2 Å². The summed E-state index contributed by atoms with van der Waals surface area (Å²) in [6.45, 7) is -1.46. The third-order valence-electron chi connectivity index (χ3n) is 2.58. The first-order chi connectivity index (χ1) is 9.71. The minimum absolute atomic E-state index is 0.0499. The minimum atomic E-state index is -4.54. The highest BCUT2D eigenvalue weighted by Crippen LogP contribution is 2.39. The predicted octanol–water partition coefficient (Wildman–Crippen LogP) is 2.63. The monoisotopic (exact) mass is 327 g/mol. The van der Waals surface area contributed by atoms with Gasteiger partial charge in [0, 0.05) is 5.56 Å². The number of carboxylic acid groups (broad SMARTS) is 1. The van der Waals surface area contributed by atoms with Crippen LogP contribution in [0.4, 0.5) is 13.2 Å². The molecule has 2 N–H and O–H groups in total. The molecule has 1 aromatic rings. The predicted molar refractivity (Wildman–Crippen MR) is 69.0 cm³/mol. The van der Waals surface area contributed by atoms with Gasteiger partial charge in [-0.1, -0.05) is 17.7 Å². The van der Waals surface area contributed by atoms with E-state index in [1.54, 1.807) is 0 Å². The highest BCUT2D eigenvalue weighted by Gasteiger charge is 2.32. The van der Waals surface area contributed by atoms with Crippen molar-refractivity contribution in [1.82, 2.24) is 5.32 Å². The number of hydrogen-bond acceptors (Lipinski definition) is 4. The zero-order valence-corrected chi connectivity index (χ0v) is 11.9. The van der Waals surface area contributed by atoms with E-state index in [1.165, 1.54) is 26.4 Å². The maximum absolute atomic E-state index is 12.2. The molecule has 0 fully saturated rings. The Labute approximate surface area is 123 Å². The van der Waals surface area contributed by atoms with Crippen molar-refractivity contribution < 1.29 is 32.5 Å². The average Bonchev–Trinajstić information content (AvgIpc) is 2.38. The van der Waals surface area contributed by atoms with Gasteiger partial charge in [0.05, 0.1) is 25.8 Å². The molecular weight excluding hydrogens is 315 g/mol. The molecular formula is C12H13ClF3NO4. The van der Waals surface area contributed by atoms with Gasteiger partial charge in [-0.25, -0.2) is 0 Å². The van der Waals surface area contributed by atoms with E-state index in [2.05, 4.69) is 0 Å². The first kappa shape index (κ1) is 17.4. The van der Waals surface area contributed by atoms with Crippen molar-refractivity contribution in [2.75, 3.05) is 20.8 Å². The Morgan fingerprint density at radius 3 is 2.43 bits per heavy atom. The van der Waals surface area contributed by atoms with Crippen LogP contribution in [0.3, 0.4) is 0 Å². The lowest BCUT2D eigenvalue weighted by Gasteiger charge is -2.19. The van der Waals surface area contributed by atoms with Crippen molar-refractivity contribution in [3.05, 3.63) is 22.7 Å². The van der Waals surface area contributed by atoms with Gasteiger partial charge in [-0.05, 0) is 6.07 Å². The Bertz CT molecular complexity index is 522. The maximum Gasteiger partial charge on any atom is 0.401 e. The first-order valence-corrected chi connectivity index (χ1v) is 6.02. The summed E-state index contributed by atoms with van der Waals surface area (Å²) in [7, 11) is 2.64. The number of carboxylic acids is 1. The Kier molecular flexibility index (Phi) is 5.68. The number of rotatable bonds is 6. The molecule has 0 saturated carbocycles. The van der Waals surface area contributed by atoms with Crippen LogP contribution in [0, 0.1) is 0 Å². The van der Waals surface area contributed by atoms with Crippen molar-refractivity contribution in [2.24, 2.45) is 0 Å². The van der Waals surface area contributed by atoms with Gasteiger partial charge >= 0.3 is 12.1 Å². The number of halogens is 4. The van der Waals surface area contributed by atoms with E-state index in [0.717, 1.165) is 0 Å².